The van der Waals surface area contributed by atoms with Gasteiger partial charge in [-0.25, -0.2) is 0 Å². The molecule has 2 N–H and O–H groups in total. The molecule has 1 aliphatic carbocycles. The fourth-order valence-corrected chi connectivity index (χ4v) is 2.17. The van der Waals surface area contributed by atoms with Crippen molar-refractivity contribution in [3.8, 4) is 11.8 Å². The van der Waals surface area contributed by atoms with E-state index in [1.54, 1.807) is 0 Å². The maximum Gasteiger partial charge on any atom is 0.0668 e. The average molecular weight is 227 g/mol. The molecule has 2 rings (SSSR count). The Labute approximate surface area is 104 Å². The maximum atomic E-state index is 5.89. The van der Waals surface area contributed by atoms with Gasteiger partial charge in [0, 0.05) is 5.56 Å². The van der Waals surface area contributed by atoms with Gasteiger partial charge in [0.15, 0.2) is 0 Å². The molecule has 0 aromatic heterocycles. The van der Waals surface area contributed by atoms with Crippen molar-refractivity contribution >= 4 is 0 Å². The van der Waals surface area contributed by atoms with Crippen LogP contribution in [0.5, 0.6) is 0 Å². The SMILES string of the molecule is CCCC(N)C#Cc1cccc(C2CCC2)c1. The summed E-state index contributed by atoms with van der Waals surface area (Å²) >= 11 is 0. The lowest BCUT2D eigenvalue weighted by molar-refractivity contribution is 0.420. The molecule has 17 heavy (non-hydrogen) atoms. The first kappa shape index (κ1) is 12.2. The van der Waals surface area contributed by atoms with Gasteiger partial charge in [-0.2, -0.15) is 0 Å². The molecule has 0 bridgehead atoms. The van der Waals surface area contributed by atoms with E-state index in [2.05, 4.69) is 43.0 Å². The number of hydrogen-bond acceptors (Lipinski definition) is 1. The molecule has 1 atom stereocenters. The van der Waals surface area contributed by atoms with Crippen molar-refractivity contribution in [1.82, 2.24) is 0 Å². The van der Waals surface area contributed by atoms with Crippen molar-refractivity contribution in [2.45, 2.75) is 51.0 Å². The Bertz CT molecular complexity index is 421. The standard InChI is InChI=1S/C16H21N/c1-2-5-16(17)11-10-13-6-3-9-15(12-13)14-7-4-8-14/h3,6,9,12,14,16H,2,4-5,7-8,17H2,1H3. The van der Waals surface area contributed by atoms with E-state index in [0.29, 0.717) is 0 Å². The molecule has 1 saturated carbocycles. The lowest BCUT2D eigenvalue weighted by Crippen LogP contribution is -2.16. The second-order valence-corrected chi connectivity index (χ2v) is 4.92. The number of nitrogens with two attached hydrogens (primary N) is 1. The van der Waals surface area contributed by atoms with Gasteiger partial charge in [0.25, 0.3) is 0 Å². The van der Waals surface area contributed by atoms with Gasteiger partial charge in [0.2, 0.25) is 0 Å². The van der Waals surface area contributed by atoms with Crippen LogP contribution in [-0.4, -0.2) is 6.04 Å². The Kier molecular flexibility index (Phi) is 4.23. The second-order valence-electron chi connectivity index (χ2n) is 4.92. The van der Waals surface area contributed by atoms with E-state index in [-0.39, 0.29) is 6.04 Å². The van der Waals surface area contributed by atoms with Gasteiger partial charge in [-0.15, -0.1) is 0 Å². The summed E-state index contributed by atoms with van der Waals surface area (Å²) in [4.78, 5) is 0. The van der Waals surface area contributed by atoms with Crippen LogP contribution in [0.25, 0.3) is 0 Å². The van der Waals surface area contributed by atoms with E-state index in [0.717, 1.165) is 24.3 Å². The van der Waals surface area contributed by atoms with E-state index >= 15 is 0 Å². The molecule has 1 fully saturated rings. The predicted octanol–water partition coefficient (Wildman–Crippen LogP) is 3.43. The van der Waals surface area contributed by atoms with Crippen LogP contribution in [-0.2, 0) is 0 Å². The molecule has 1 aliphatic rings. The van der Waals surface area contributed by atoms with Crippen molar-refractivity contribution in [1.29, 1.82) is 0 Å². The highest BCUT2D eigenvalue weighted by Crippen LogP contribution is 2.36. The molecule has 0 aliphatic heterocycles. The minimum Gasteiger partial charge on any atom is -0.318 e. The van der Waals surface area contributed by atoms with Crippen LogP contribution in [0, 0.1) is 11.8 Å². The Morgan fingerprint density at radius 1 is 1.41 bits per heavy atom. The van der Waals surface area contributed by atoms with E-state index in [4.69, 9.17) is 5.73 Å². The zero-order valence-corrected chi connectivity index (χ0v) is 10.6. The van der Waals surface area contributed by atoms with E-state index in [1.807, 2.05) is 0 Å². The molecule has 90 valence electrons. The first-order chi connectivity index (χ1) is 8.29. The fraction of sp³-hybridized carbons (Fsp3) is 0.500. The highest BCUT2D eigenvalue weighted by Gasteiger charge is 2.18. The van der Waals surface area contributed by atoms with Crippen LogP contribution >= 0.6 is 0 Å². The highest BCUT2D eigenvalue weighted by molar-refractivity contribution is 5.39. The van der Waals surface area contributed by atoms with Gasteiger partial charge >= 0.3 is 0 Å². The summed E-state index contributed by atoms with van der Waals surface area (Å²) in [5, 5.41) is 0. The normalized spacial score (nSPS) is 16.8. The molecule has 1 unspecified atom stereocenters. The minimum atomic E-state index is 0.0207. The van der Waals surface area contributed by atoms with Crippen molar-refractivity contribution < 1.29 is 0 Å². The largest absolute Gasteiger partial charge is 0.318 e. The van der Waals surface area contributed by atoms with Crippen molar-refractivity contribution in [3.63, 3.8) is 0 Å². The van der Waals surface area contributed by atoms with Crippen LogP contribution in [0.3, 0.4) is 0 Å². The molecule has 1 aromatic rings. The third-order valence-corrected chi connectivity index (χ3v) is 3.46. The molecule has 0 saturated heterocycles. The fourth-order valence-electron chi connectivity index (χ4n) is 2.17. The van der Waals surface area contributed by atoms with Gasteiger partial charge in [0.05, 0.1) is 6.04 Å². The molecule has 0 spiro atoms. The summed E-state index contributed by atoms with van der Waals surface area (Å²) in [5.41, 5.74) is 8.46. The Hall–Kier alpha value is -1.26. The third-order valence-electron chi connectivity index (χ3n) is 3.46. The average Bonchev–Trinajstić information content (AvgIpc) is 2.25. The first-order valence-corrected chi connectivity index (χ1v) is 6.66. The van der Waals surface area contributed by atoms with Crippen LogP contribution in [0.4, 0.5) is 0 Å². The summed E-state index contributed by atoms with van der Waals surface area (Å²) in [6, 6.07) is 8.67. The Balaban J connectivity index is 2.05. The molecule has 0 heterocycles. The molecule has 1 heteroatoms. The smallest absolute Gasteiger partial charge is 0.0668 e. The molecule has 1 aromatic carbocycles. The van der Waals surface area contributed by atoms with Crippen LogP contribution < -0.4 is 5.73 Å². The van der Waals surface area contributed by atoms with Gasteiger partial charge in [-0.05, 0) is 42.9 Å². The third kappa shape index (κ3) is 3.35. The maximum absolute atomic E-state index is 5.89. The summed E-state index contributed by atoms with van der Waals surface area (Å²) in [6.07, 6.45) is 6.13. The number of benzene rings is 1. The molecule has 1 nitrogen and oxygen atoms in total. The molecule has 0 amide bonds. The quantitative estimate of drug-likeness (QED) is 0.787. The lowest BCUT2D eigenvalue weighted by atomic mass is 9.80. The molecule has 0 radical (unpaired) electrons. The van der Waals surface area contributed by atoms with Gasteiger partial charge in [-0.3, -0.25) is 0 Å². The van der Waals surface area contributed by atoms with Crippen molar-refractivity contribution in [3.05, 3.63) is 35.4 Å². The lowest BCUT2D eigenvalue weighted by Gasteiger charge is -2.25. The van der Waals surface area contributed by atoms with Crippen LogP contribution in [0.1, 0.15) is 56.1 Å². The second kappa shape index (κ2) is 5.89. The zero-order valence-electron chi connectivity index (χ0n) is 10.6. The van der Waals surface area contributed by atoms with Crippen LogP contribution in [0.15, 0.2) is 24.3 Å². The molecular weight excluding hydrogens is 206 g/mol. The Morgan fingerprint density at radius 3 is 2.88 bits per heavy atom. The summed E-state index contributed by atoms with van der Waals surface area (Å²) in [7, 11) is 0. The number of hydrogen-bond donors (Lipinski definition) is 1. The van der Waals surface area contributed by atoms with Crippen molar-refractivity contribution in [2.24, 2.45) is 5.73 Å². The number of rotatable bonds is 3. The van der Waals surface area contributed by atoms with Gasteiger partial charge in [-0.1, -0.05) is 43.7 Å². The topological polar surface area (TPSA) is 26.0 Å². The van der Waals surface area contributed by atoms with Crippen molar-refractivity contribution in [2.75, 3.05) is 0 Å². The Morgan fingerprint density at radius 2 is 2.24 bits per heavy atom. The highest BCUT2D eigenvalue weighted by atomic mass is 14.6. The van der Waals surface area contributed by atoms with E-state index in [1.165, 1.54) is 24.8 Å². The summed E-state index contributed by atoms with van der Waals surface area (Å²) < 4.78 is 0. The minimum absolute atomic E-state index is 0.0207. The molecular formula is C16H21N. The zero-order chi connectivity index (χ0) is 12.1. The van der Waals surface area contributed by atoms with Gasteiger partial charge < -0.3 is 5.73 Å². The summed E-state index contributed by atoms with van der Waals surface area (Å²) in [5.74, 6) is 7.11. The predicted molar refractivity (Wildman–Crippen MR) is 72.8 cm³/mol. The van der Waals surface area contributed by atoms with Gasteiger partial charge in [0.1, 0.15) is 0 Å². The monoisotopic (exact) mass is 227 g/mol. The van der Waals surface area contributed by atoms with E-state index in [9.17, 15) is 0 Å². The summed E-state index contributed by atoms with van der Waals surface area (Å²) in [6.45, 7) is 2.14. The van der Waals surface area contributed by atoms with E-state index < -0.39 is 0 Å². The van der Waals surface area contributed by atoms with Crippen LogP contribution in [0.2, 0.25) is 0 Å². The first-order valence-electron chi connectivity index (χ1n) is 6.66.